The Hall–Kier alpha value is -4.88. The van der Waals surface area contributed by atoms with Gasteiger partial charge in [0.05, 0.1) is 37.0 Å². The molecule has 0 amide bonds. The maximum atomic E-state index is 9.20. The zero-order valence-electron chi connectivity index (χ0n) is 45.4. The first-order valence-corrected chi connectivity index (χ1v) is 10.4. The zero-order chi connectivity index (χ0) is 48.4. The van der Waals surface area contributed by atoms with Crippen molar-refractivity contribution in [3.8, 4) is 33.4 Å². The van der Waals surface area contributed by atoms with Gasteiger partial charge in [0.1, 0.15) is 0 Å². The molecule has 37 heavy (non-hydrogen) atoms. The number of rotatable bonds is 6. The highest BCUT2D eigenvalue weighted by Crippen LogP contribution is 2.37. The standard InChI is InChI=1S/C36H27N/c1-4-10-28(11-5-1)31-16-22-34(23-17-31)37(35-24-18-32(19-25-35)29-12-6-2-7-13-29)36-26-20-33(21-27-36)30-14-8-3-9-15-30/h1-27H/i1D,2D,3D,4D,5D,6D,7D,8D,9D,10D,11D,12D,13D,14D,15D,16D,17D,18D,19D,20D,21D,22D,23D,24D,25D,26D,27D. The zero-order valence-corrected chi connectivity index (χ0v) is 18.4. The van der Waals surface area contributed by atoms with Crippen LogP contribution in [0.1, 0.15) is 37.0 Å². The molecule has 0 saturated carbocycles. The minimum atomic E-state index is -1.22. The lowest BCUT2D eigenvalue weighted by Gasteiger charge is -2.26. The Morgan fingerprint density at radius 1 is 0.270 bits per heavy atom. The van der Waals surface area contributed by atoms with Crippen molar-refractivity contribution in [2.75, 3.05) is 4.90 Å². The minimum absolute atomic E-state index is 0.311. The maximum absolute atomic E-state index is 9.20. The van der Waals surface area contributed by atoms with Crippen LogP contribution >= 0.6 is 0 Å². The van der Waals surface area contributed by atoms with Gasteiger partial charge in [0, 0.05) is 17.1 Å². The Morgan fingerprint density at radius 3 is 0.730 bits per heavy atom. The molecule has 0 aliphatic carbocycles. The van der Waals surface area contributed by atoms with Crippen molar-refractivity contribution in [1.29, 1.82) is 0 Å². The highest BCUT2D eigenvalue weighted by atomic mass is 15.1. The smallest absolute Gasteiger partial charge is 0.0645 e. The fourth-order valence-corrected chi connectivity index (χ4v) is 3.09. The normalized spacial score (nSPS) is 20.9. The second-order valence-corrected chi connectivity index (χ2v) is 7.01. The second-order valence-electron chi connectivity index (χ2n) is 7.01. The molecular formula is C36H27N. The summed E-state index contributed by atoms with van der Waals surface area (Å²) in [5.74, 6) is 0. The quantitative estimate of drug-likeness (QED) is 0.220. The molecule has 0 heterocycles. The molecule has 0 aliphatic heterocycles. The van der Waals surface area contributed by atoms with E-state index in [1.165, 1.54) is 0 Å². The molecule has 0 bridgehead atoms. The summed E-state index contributed by atoms with van der Waals surface area (Å²) in [7, 11) is 0. The molecule has 6 rings (SSSR count). The van der Waals surface area contributed by atoms with Gasteiger partial charge in [-0.05, 0) is 69.6 Å². The minimum Gasteiger partial charge on any atom is -0.311 e. The van der Waals surface area contributed by atoms with Crippen LogP contribution in [0.2, 0.25) is 0 Å². The van der Waals surface area contributed by atoms with E-state index >= 15 is 0 Å². The van der Waals surface area contributed by atoms with E-state index < -0.39 is 214 Å². The van der Waals surface area contributed by atoms with Gasteiger partial charge in [0.25, 0.3) is 0 Å². The first-order chi connectivity index (χ1) is 29.6. The average molecular weight is 501 g/mol. The molecule has 0 saturated heterocycles. The summed E-state index contributed by atoms with van der Waals surface area (Å²) in [6.07, 6.45) is 0. The summed E-state index contributed by atoms with van der Waals surface area (Å²) < 4.78 is 233. The van der Waals surface area contributed by atoms with E-state index in [1.807, 2.05) is 0 Å². The predicted octanol–water partition coefficient (Wildman–Crippen LogP) is 10.2. The number of hydrogen-bond acceptors (Lipinski definition) is 1. The third-order valence-corrected chi connectivity index (χ3v) is 4.76. The number of nitrogens with zero attached hydrogens (tertiary/aromatic N) is 1. The summed E-state index contributed by atoms with van der Waals surface area (Å²) in [6, 6.07) is -27.9. The molecule has 1 nitrogen and oxygen atoms in total. The van der Waals surface area contributed by atoms with Crippen LogP contribution in [-0.4, -0.2) is 0 Å². The van der Waals surface area contributed by atoms with Crippen molar-refractivity contribution in [3.63, 3.8) is 0 Å². The Kier molecular flexibility index (Phi) is 2.13. The molecule has 0 N–H and O–H groups in total. The fraction of sp³-hybridized carbons (Fsp3) is 0. The van der Waals surface area contributed by atoms with Crippen molar-refractivity contribution in [3.05, 3.63) is 163 Å². The maximum Gasteiger partial charge on any atom is 0.0645 e. The first-order valence-electron chi connectivity index (χ1n) is 23.9. The number of anilines is 3. The van der Waals surface area contributed by atoms with Crippen molar-refractivity contribution in [2.24, 2.45) is 0 Å². The summed E-state index contributed by atoms with van der Waals surface area (Å²) in [5, 5.41) is 0. The summed E-state index contributed by atoms with van der Waals surface area (Å²) in [4.78, 5) is 0.311. The number of benzene rings is 6. The summed E-state index contributed by atoms with van der Waals surface area (Å²) in [5.41, 5.74) is -8.29. The second kappa shape index (κ2) is 10.4. The molecule has 1 heteroatoms. The Bertz CT molecular complexity index is 2590. The van der Waals surface area contributed by atoms with Crippen LogP contribution in [0.3, 0.4) is 0 Å². The largest absolute Gasteiger partial charge is 0.311 e. The molecule has 0 spiro atoms. The Morgan fingerprint density at radius 2 is 0.486 bits per heavy atom. The van der Waals surface area contributed by atoms with E-state index in [-0.39, 0.29) is 0 Å². The average Bonchev–Trinajstić information content (AvgIpc) is 3.26. The summed E-state index contributed by atoms with van der Waals surface area (Å²) >= 11 is 0. The fourth-order valence-electron chi connectivity index (χ4n) is 3.09. The van der Waals surface area contributed by atoms with Crippen LogP contribution in [0.25, 0.3) is 33.4 Å². The van der Waals surface area contributed by atoms with Crippen molar-refractivity contribution in [1.82, 2.24) is 0 Å². The van der Waals surface area contributed by atoms with E-state index in [2.05, 4.69) is 0 Å². The molecule has 6 aromatic carbocycles. The third kappa shape index (κ3) is 4.94. The molecule has 0 unspecified atom stereocenters. The molecule has 0 aliphatic rings. The highest BCUT2D eigenvalue weighted by Gasteiger charge is 2.13. The van der Waals surface area contributed by atoms with Gasteiger partial charge in [-0.2, -0.15) is 0 Å². The molecular weight excluding hydrogens is 446 g/mol. The van der Waals surface area contributed by atoms with E-state index in [4.69, 9.17) is 28.8 Å². The lowest BCUT2D eigenvalue weighted by atomic mass is 10.0. The van der Waals surface area contributed by atoms with E-state index in [9.17, 15) is 8.22 Å². The van der Waals surface area contributed by atoms with Crippen LogP contribution in [0.15, 0.2) is 163 Å². The lowest BCUT2D eigenvalue weighted by molar-refractivity contribution is 1.28. The molecule has 0 radical (unpaired) electrons. The lowest BCUT2D eigenvalue weighted by Crippen LogP contribution is -2.09. The van der Waals surface area contributed by atoms with E-state index in [0.717, 1.165) is 0 Å². The third-order valence-electron chi connectivity index (χ3n) is 4.76. The summed E-state index contributed by atoms with van der Waals surface area (Å²) in [6.45, 7) is 0. The van der Waals surface area contributed by atoms with E-state index in [1.54, 1.807) is 0 Å². The van der Waals surface area contributed by atoms with Crippen LogP contribution in [0, 0.1) is 0 Å². The van der Waals surface area contributed by atoms with Gasteiger partial charge in [-0.15, -0.1) is 0 Å². The van der Waals surface area contributed by atoms with Crippen LogP contribution in [0.4, 0.5) is 17.1 Å². The van der Waals surface area contributed by atoms with Gasteiger partial charge in [-0.3, -0.25) is 0 Å². The van der Waals surface area contributed by atoms with E-state index in [0.29, 0.717) is 4.90 Å². The first kappa shape index (κ1) is 7.57. The Balaban J connectivity index is 1.84. The van der Waals surface area contributed by atoms with Gasteiger partial charge < -0.3 is 4.90 Å². The number of hydrogen-bond donors (Lipinski definition) is 0. The highest BCUT2D eigenvalue weighted by molar-refractivity contribution is 5.81. The van der Waals surface area contributed by atoms with Gasteiger partial charge >= 0.3 is 0 Å². The van der Waals surface area contributed by atoms with Gasteiger partial charge in [-0.25, -0.2) is 0 Å². The molecule has 0 aromatic heterocycles. The van der Waals surface area contributed by atoms with Crippen molar-refractivity contribution in [2.45, 2.75) is 0 Å². The molecule has 176 valence electrons. The van der Waals surface area contributed by atoms with Crippen LogP contribution in [0.5, 0.6) is 0 Å². The van der Waals surface area contributed by atoms with Crippen LogP contribution < -0.4 is 4.90 Å². The monoisotopic (exact) mass is 500 g/mol. The van der Waals surface area contributed by atoms with Gasteiger partial charge in [-0.1, -0.05) is 127 Å². The Labute approximate surface area is 256 Å². The van der Waals surface area contributed by atoms with Crippen LogP contribution in [-0.2, 0) is 0 Å². The topological polar surface area (TPSA) is 3.24 Å². The van der Waals surface area contributed by atoms with Gasteiger partial charge in [0.2, 0.25) is 0 Å². The molecule has 0 atom stereocenters. The SMILES string of the molecule is [2H]c1c([2H])c([2H])c(-c2c([2H])c([2H])c(N(c3c([2H])c([2H])c(-c4c([2H])c([2H])c([2H])c([2H])c4[2H])c([2H])c3[2H])c3c([2H])c([2H])c(-c4c([2H])c([2H])c([2H])c([2H])c4[2H])c([2H])c3[2H])c([2H])c2[2H])c([2H])c1[2H]. The molecule has 0 fully saturated rings. The molecule has 6 aromatic rings. The van der Waals surface area contributed by atoms with Crippen molar-refractivity contribution >= 4 is 17.1 Å². The van der Waals surface area contributed by atoms with Crippen molar-refractivity contribution < 1.29 is 37.0 Å². The van der Waals surface area contributed by atoms with Gasteiger partial charge in [0.15, 0.2) is 0 Å². The predicted molar refractivity (Wildman–Crippen MR) is 157 cm³/mol.